The van der Waals surface area contributed by atoms with Crippen LogP contribution in [0.5, 0.6) is 0 Å². The number of halogens is 1. The first kappa shape index (κ1) is 11.6. The van der Waals surface area contributed by atoms with Gasteiger partial charge >= 0.3 is 0 Å². The van der Waals surface area contributed by atoms with Gasteiger partial charge in [-0.25, -0.2) is 0 Å². The summed E-state index contributed by atoms with van der Waals surface area (Å²) in [6, 6.07) is 6.38. The fourth-order valence-electron chi connectivity index (χ4n) is 3.10. The van der Waals surface area contributed by atoms with Crippen LogP contribution in [-0.4, -0.2) is 4.98 Å². The molecular weight excluding hydrogens is 244 g/mol. The van der Waals surface area contributed by atoms with Gasteiger partial charge in [-0.3, -0.25) is 0 Å². The van der Waals surface area contributed by atoms with E-state index in [1.807, 2.05) is 13.0 Å². The third-order valence-electron chi connectivity index (χ3n) is 4.02. The fourth-order valence-corrected chi connectivity index (χ4v) is 3.26. The SMILES string of the molecule is Cc1c(Cl)ccc2c3c([nH]c12)CCCC3CC#N. The van der Waals surface area contributed by atoms with Crippen molar-refractivity contribution < 1.29 is 0 Å². The van der Waals surface area contributed by atoms with Crippen molar-refractivity contribution in [1.29, 1.82) is 5.26 Å². The van der Waals surface area contributed by atoms with Gasteiger partial charge in [-0.15, -0.1) is 0 Å². The quantitative estimate of drug-likeness (QED) is 0.806. The highest BCUT2D eigenvalue weighted by Crippen LogP contribution is 2.40. The highest BCUT2D eigenvalue weighted by atomic mass is 35.5. The Hall–Kier alpha value is -1.46. The molecule has 1 N–H and O–H groups in total. The van der Waals surface area contributed by atoms with Crippen LogP contribution in [0.2, 0.25) is 5.02 Å². The van der Waals surface area contributed by atoms with E-state index >= 15 is 0 Å². The minimum absolute atomic E-state index is 0.382. The minimum Gasteiger partial charge on any atom is -0.358 e. The van der Waals surface area contributed by atoms with Crippen molar-refractivity contribution in [2.45, 2.75) is 38.5 Å². The van der Waals surface area contributed by atoms with Crippen molar-refractivity contribution in [3.05, 3.63) is 34.0 Å². The number of fused-ring (bicyclic) bond motifs is 3. The van der Waals surface area contributed by atoms with Gasteiger partial charge in [0.2, 0.25) is 0 Å². The first-order valence-electron chi connectivity index (χ1n) is 6.39. The molecular formula is C15H15ClN2. The van der Waals surface area contributed by atoms with E-state index < -0.39 is 0 Å². The van der Waals surface area contributed by atoms with Crippen LogP contribution in [0.3, 0.4) is 0 Å². The number of nitrogens with one attached hydrogen (secondary N) is 1. The van der Waals surface area contributed by atoms with Gasteiger partial charge in [0, 0.05) is 22.5 Å². The normalized spacial score (nSPS) is 18.6. The minimum atomic E-state index is 0.382. The molecule has 1 aromatic carbocycles. The third-order valence-corrected chi connectivity index (χ3v) is 4.42. The number of nitriles is 1. The largest absolute Gasteiger partial charge is 0.358 e. The first-order chi connectivity index (χ1) is 8.72. The summed E-state index contributed by atoms with van der Waals surface area (Å²) in [5, 5.41) is 11.0. The molecule has 92 valence electrons. The highest BCUT2D eigenvalue weighted by Gasteiger charge is 2.25. The lowest BCUT2D eigenvalue weighted by atomic mass is 9.83. The molecule has 0 amide bonds. The Morgan fingerprint density at radius 3 is 3.11 bits per heavy atom. The van der Waals surface area contributed by atoms with Crippen molar-refractivity contribution in [2.24, 2.45) is 0 Å². The van der Waals surface area contributed by atoms with Gasteiger partial charge in [-0.2, -0.15) is 5.26 Å². The van der Waals surface area contributed by atoms with Gasteiger partial charge in [0.15, 0.2) is 0 Å². The molecule has 0 radical (unpaired) electrons. The molecule has 1 aliphatic rings. The van der Waals surface area contributed by atoms with Crippen LogP contribution in [0.15, 0.2) is 12.1 Å². The summed E-state index contributed by atoms with van der Waals surface area (Å²) in [5.41, 5.74) is 4.93. The molecule has 1 unspecified atom stereocenters. The molecule has 0 bridgehead atoms. The Labute approximate surface area is 112 Å². The van der Waals surface area contributed by atoms with E-state index in [-0.39, 0.29) is 0 Å². The predicted octanol–water partition coefficient (Wildman–Crippen LogP) is 4.46. The summed E-state index contributed by atoms with van der Waals surface area (Å²) in [7, 11) is 0. The Kier molecular flexibility index (Phi) is 2.80. The molecule has 0 fully saturated rings. The van der Waals surface area contributed by atoms with Crippen molar-refractivity contribution in [1.82, 2.24) is 4.98 Å². The van der Waals surface area contributed by atoms with Crippen molar-refractivity contribution in [3.8, 4) is 6.07 Å². The first-order valence-corrected chi connectivity index (χ1v) is 6.76. The zero-order valence-corrected chi connectivity index (χ0v) is 11.1. The molecule has 1 heterocycles. The second kappa shape index (κ2) is 4.33. The molecule has 2 nitrogen and oxygen atoms in total. The second-order valence-corrected chi connectivity index (χ2v) is 5.47. The zero-order chi connectivity index (χ0) is 12.7. The Morgan fingerprint density at radius 2 is 2.33 bits per heavy atom. The summed E-state index contributed by atoms with van der Waals surface area (Å²) in [6.07, 6.45) is 3.98. The highest BCUT2D eigenvalue weighted by molar-refractivity contribution is 6.32. The lowest BCUT2D eigenvalue weighted by Crippen LogP contribution is -2.08. The molecule has 0 saturated carbocycles. The number of aromatic amines is 1. The summed E-state index contributed by atoms with van der Waals surface area (Å²) >= 11 is 6.18. The van der Waals surface area contributed by atoms with Crippen LogP contribution in [0.4, 0.5) is 0 Å². The third kappa shape index (κ3) is 1.62. The van der Waals surface area contributed by atoms with E-state index in [9.17, 15) is 0 Å². The molecule has 0 saturated heterocycles. The van der Waals surface area contributed by atoms with E-state index in [4.69, 9.17) is 16.9 Å². The number of rotatable bonds is 1. The Balaban J connectivity index is 2.26. The second-order valence-electron chi connectivity index (χ2n) is 5.06. The van der Waals surface area contributed by atoms with Gasteiger partial charge in [0.05, 0.1) is 11.6 Å². The number of benzene rings is 1. The summed E-state index contributed by atoms with van der Waals surface area (Å²) in [5.74, 6) is 0.382. The average Bonchev–Trinajstić information content (AvgIpc) is 2.75. The van der Waals surface area contributed by atoms with Crippen LogP contribution in [-0.2, 0) is 6.42 Å². The van der Waals surface area contributed by atoms with Crippen molar-refractivity contribution >= 4 is 22.5 Å². The standard InChI is InChI=1S/C15H15ClN2/c1-9-12(16)6-5-11-14-10(7-8-17)3-2-4-13(14)18-15(9)11/h5-6,10,18H,2-4,7H2,1H3. The Morgan fingerprint density at radius 1 is 1.50 bits per heavy atom. The molecule has 3 rings (SSSR count). The monoisotopic (exact) mass is 258 g/mol. The molecule has 18 heavy (non-hydrogen) atoms. The zero-order valence-electron chi connectivity index (χ0n) is 10.4. The van der Waals surface area contributed by atoms with Crippen LogP contribution in [0.1, 0.15) is 42.0 Å². The van der Waals surface area contributed by atoms with Gasteiger partial charge in [-0.05, 0) is 49.3 Å². The maximum atomic E-state index is 8.97. The maximum Gasteiger partial charge on any atom is 0.0628 e. The van der Waals surface area contributed by atoms with E-state index in [1.54, 1.807) is 0 Å². The molecule has 0 spiro atoms. The van der Waals surface area contributed by atoms with Gasteiger partial charge in [-0.1, -0.05) is 17.7 Å². The van der Waals surface area contributed by atoms with Crippen molar-refractivity contribution in [2.75, 3.05) is 0 Å². The summed E-state index contributed by atoms with van der Waals surface area (Å²) < 4.78 is 0. The van der Waals surface area contributed by atoms with Crippen LogP contribution < -0.4 is 0 Å². The maximum absolute atomic E-state index is 8.97. The number of hydrogen-bond acceptors (Lipinski definition) is 1. The fraction of sp³-hybridized carbons (Fsp3) is 0.400. The number of hydrogen-bond donors (Lipinski definition) is 1. The van der Waals surface area contributed by atoms with Crippen molar-refractivity contribution in [3.63, 3.8) is 0 Å². The van der Waals surface area contributed by atoms with Crippen LogP contribution in [0, 0.1) is 18.3 Å². The molecule has 1 atom stereocenters. The molecule has 2 aromatic rings. The molecule has 1 aliphatic carbocycles. The van der Waals surface area contributed by atoms with Gasteiger partial charge < -0.3 is 4.98 Å². The van der Waals surface area contributed by atoms with Crippen LogP contribution in [0.25, 0.3) is 10.9 Å². The summed E-state index contributed by atoms with van der Waals surface area (Å²) in [6.45, 7) is 2.05. The molecule has 0 aliphatic heterocycles. The van der Waals surface area contributed by atoms with E-state index in [1.165, 1.54) is 23.1 Å². The van der Waals surface area contributed by atoms with E-state index in [2.05, 4.69) is 17.1 Å². The number of nitrogens with zero attached hydrogens (tertiary/aromatic N) is 1. The lowest BCUT2D eigenvalue weighted by Gasteiger charge is -2.20. The number of H-pyrrole nitrogens is 1. The Bertz CT molecular complexity index is 649. The summed E-state index contributed by atoms with van der Waals surface area (Å²) in [4.78, 5) is 3.52. The van der Waals surface area contributed by atoms with Gasteiger partial charge in [0.1, 0.15) is 0 Å². The predicted molar refractivity (Wildman–Crippen MR) is 74.0 cm³/mol. The smallest absolute Gasteiger partial charge is 0.0628 e. The molecule has 3 heteroatoms. The van der Waals surface area contributed by atoms with E-state index in [0.29, 0.717) is 12.3 Å². The van der Waals surface area contributed by atoms with Gasteiger partial charge in [0.25, 0.3) is 0 Å². The molecule has 1 aromatic heterocycles. The van der Waals surface area contributed by atoms with E-state index in [0.717, 1.165) is 28.9 Å². The topological polar surface area (TPSA) is 39.6 Å². The number of aromatic nitrogens is 1. The van der Waals surface area contributed by atoms with Crippen LogP contribution >= 0.6 is 11.6 Å². The lowest BCUT2D eigenvalue weighted by molar-refractivity contribution is 0.561. The average molecular weight is 259 g/mol. The number of aryl methyl sites for hydroxylation is 2.